The molecule has 76 valence electrons. The Bertz CT molecular complexity index is 282. The maximum atomic E-state index is 4.03. The van der Waals surface area contributed by atoms with Gasteiger partial charge in [-0.05, 0) is 12.1 Å². The van der Waals surface area contributed by atoms with Crippen molar-refractivity contribution in [1.82, 2.24) is 15.0 Å². The minimum Gasteiger partial charge on any atom is -0.244 e. The van der Waals surface area contributed by atoms with E-state index in [0.29, 0.717) is 0 Å². The largest absolute Gasteiger partial charge is 0.244 e. The van der Waals surface area contributed by atoms with E-state index in [1.807, 2.05) is 39.8 Å². The number of hydrogen-bond acceptors (Lipinski definition) is 3. The average molecular weight is 191 g/mol. The van der Waals surface area contributed by atoms with Gasteiger partial charge in [0, 0.05) is 17.8 Å². The average Bonchev–Trinajstić information content (AvgIpc) is 2.34. The molecule has 0 aliphatic rings. The van der Waals surface area contributed by atoms with Gasteiger partial charge in [-0.25, -0.2) is 15.0 Å². The molecule has 0 radical (unpaired) electrons. The van der Waals surface area contributed by atoms with E-state index in [1.165, 1.54) is 6.33 Å². The molecule has 0 unspecified atom stereocenters. The highest BCUT2D eigenvalue weighted by atomic mass is 14.9. The van der Waals surface area contributed by atoms with Crippen LogP contribution in [0.15, 0.2) is 30.9 Å². The lowest BCUT2D eigenvalue weighted by atomic mass is 10.3. The number of rotatable bonds is 0. The first kappa shape index (κ1) is 12.5. The molecule has 0 spiro atoms. The normalized spacial score (nSPS) is 8.00. The van der Waals surface area contributed by atoms with Crippen molar-refractivity contribution in [3.05, 3.63) is 30.9 Å². The molecule has 0 saturated heterocycles. The molecule has 0 bridgehead atoms. The first-order valence-corrected chi connectivity index (χ1v) is 4.97. The second kappa shape index (κ2) is 8.10. The Balaban J connectivity index is 0.000000379. The van der Waals surface area contributed by atoms with Gasteiger partial charge in [0.1, 0.15) is 6.33 Å². The molecule has 2 aromatic rings. The molecule has 0 aliphatic heterocycles. The molecule has 0 saturated carbocycles. The molecule has 3 heteroatoms. The summed E-state index contributed by atoms with van der Waals surface area (Å²) >= 11 is 0. The quantitative estimate of drug-likeness (QED) is 0.642. The Morgan fingerprint density at radius 1 is 1.00 bits per heavy atom. The third kappa shape index (κ3) is 3.47. The molecule has 0 aromatic carbocycles. The molecule has 0 N–H and O–H groups in total. The van der Waals surface area contributed by atoms with Gasteiger partial charge in [0.05, 0.1) is 0 Å². The number of hydrogen-bond donors (Lipinski definition) is 0. The van der Waals surface area contributed by atoms with Crippen molar-refractivity contribution in [1.29, 1.82) is 0 Å². The molecule has 0 fully saturated rings. The van der Waals surface area contributed by atoms with Crippen LogP contribution < -0.4 is 0 Å². The smallest absolute Gasteiger partial charge is 0.162 e. The molecule has 2 rings (SSSR count). The molecule has 2 heterocycles. The van der Waals surface area contributed by atoms with E-state index in [2.05, 4.69) is 15.0 Å². The Morgan fingerprint density at radius 3 is 2.36 bits per heavy atom. The highest BCUT2D eigenvalue weighted by Gasteiger charge is 1.89. The fraction of sp³-hybridized carbons (Fsp3) is 0.364. The standard InChI is InChI=1S/C7H5N3.2C2H6/c1-2-6-4-8-5-10-7(6)9-3-1;2*1-2/h1-5H;2*1-2H3. The van der Waals surface area contributed by atoms with Crippen molar-refractivity contribution in [2.75, 3.05) is 0 Å². The van der Waals surface area contributed by atoms with Crippen LogP contribution in [-0.4, -0.2) is 15.0 Å². The Hall–Kier alpha value is -1.51. The zero-order valence-corrected chi connectivity index (χ0v) is 9.23. The minimum absolute atomic E-state index is 0.748. The van der Waals surface area contributed by atoms with Crippen molar-refractivity contribution in [3.63, 3.8) is 0 Å². The van der Waals surface area contributed by atoms with Gasteiger partial charge in [-0.2, -0.15) is 0 Å². The van der Waals surface area contributed by atoms with Crippen LogP contribution in [0, 0.1) is 0 Å². The number of nitrogens with zero attached hydrogens (tertiary/aromatic N) is 3. The third-order valence-corrected chi connectivity index (χ3v) is 1.28. The molecule has 3 nitrogen and oxygen atoms in total. The Kier molecular flexibility index (Phi) is 7.23. The van der Waals surface area contributed by atoms with Gasteiger partial charge < -0.3 is 0 Å². The van der Waals surface area contributed by atoms with Gasteiger partial charge in [0.15, 0.2) is 5.65 Å². The highest BCUT2D eigenvalue weighted by molar-refractivity contribution is 5.72. The molecule has 0 atom stereocenters. The molecule has 14 heavy (non-hydrogen) atoms. The van der Waals surface area contributed by atoms with E-state index in [4.69, 9.17) is 0 Å². The van der Waals surface area contributed by atoms with E-state index >= 15 is 0 Å². The zero-order valence-electron chi connectivity index (χ0n) is 9.23. The molecule has 0 aliphatic carbocycles. The van der Waals surface area contributed by atoms with Gasteiger partial charge in [-0.15, -0.1) is 0 Å². The summed E-state index contributed by atoms with van der Waals surface area (Å²) in [6.45, 7) is 8.00. The van der Waals surface area contributed by atoms with Crippen LogP contribution in [-0.2, 0) is 0 Å². The van der Waals surface area contributed by atoms with Gasteiger partial charge in [-0.3, -0.25) is 0 Å². The second-order valence-corrected chi connectivity index (χ2v) is 1.94. The van der Waals surface area contributed by atoms with Crippen LogP contribution in [0.3, 0.4) is 0 Å². The van der Waals surface area contributed by atoms with Crippen molar-refractivity contribution in [3.8, 4) is 0 Å². The van der Waals surface area contributed by atoms with Crippen LogP contribution in [0.2, 0.25) is 0 Å². The van der Waals surface area contributed by atoms with Crippen molar-refractivity contribution in [2.45, 2.75) is 27.7 Å². The van der Waals surface area contributed by atoms with Crippen LogP contribution in [0.1, 0.15) is 27.7 Å². The van der Waals surface area contributed by atoms with Gasteiger partial charge in [0.25, 0.3) is 0 Å². The van der Waals surface area contributed by atoms with E-state index in [9.17, 15) is 0 Å². The summed E-state index contributed by atoms with van der Waals surface area (Å²) in [6.07, 6.45) is 4.96. The van der Waals surface area contributed by atoms with Crippen LogP contribution in [0.4, 0.5) is 0 Å². The number of aromatic nitrogens is 3. The maximum absolute atomic E-state index is 4.03. The van der Waals surface area contributed by atoms with Crippen LogP contribution >= 0.6 is 0 Å². The lowest BCUT2D eigenvalue weighted by Gasteiger charge is -1.89. The number of pyridine rings is 1. The fourth-order valence-electron chi connectivity index (χ4n) is 0.820. The summed E-state index contributed by atoms with van der Waals surface area (Å²) in [5.74, 6) is 0. The first-order valence-electron chi connectivity index (χ1n) is 4.97. The summed E-state index contributed by atoms with van der Waals surface area (Å²) in [5, 5.41) is 0.977. The molecular weight excluding hydrogens is 174 g/mol. The summed E-state index contributed by atoms with van der Waals surface area (Å²) in [7, 11) is 0. The van der Waals surface area contributed by atoms with Gasteiger partial charge in [-0.1, -0.05) is 27.7 Å². The predicted molar refractivity (Wildman–Crippen MR) is 60.0 cm³/mol. The van der Waals surface area contributed by atoms with Crippen LogP contribution in [0.25, 0.3) is 11.0 Å². The van der Waals surface area contributed by atoms with Gasteiger partial charge in [0.2, 0.25) is 0 Å². The van der Waals surface area contributed by atoms with Crippen molar-refractivity contribution < 1.29 is 0 Å². The lowest BCUT2D eigenvalue weighted by Crippen LogP contribution is -1.82. The fourth-order valence-corrected chi connectivity index (χ4v) is 0.820. The first-order chi connectivity index (χ1) is 6.97. The lowest BCUT2D eigenvalue weighted by molar-refractivity contribution is 1.18. The summed E-state index contributed by atoms with van der Waals surface area (Å²) in [6, 6.07) is 3.80. The van der Waals surface area contributed by atoms with E-state index in [1.54, 1.807) is 12.4 Å². The van der Waals surface area contributed by atoms with E-state index in [0.717, 1.165) is 11.0 Å². The van der Waals surface area contributed by atoms with Crippen molar-refractivity contribution in [2.24, 2.45) is 0 Å². The summed E-state index contributed by atoms with van der Waals surface area (Å²) in [5.41, 5.74) is 0.748. The molecule has 0 amide bonds. The maximum Gasteiger partial charge on any atom is 0.162 e. The summed E-state index contributed by atoms with van der Waals surface area (Å²) < 4.78 is 0. The number of fused-ring (bicyclic) bond motifs is 1. The summed E-state index contributed by atoms with van der Waals surface area (Å²) in [4.78, 5) is 11.9. The van der Waals surface area contributed by atoms with E-state index < -0.39 is 0 Å². The highest BCUT2D eigenvalue weighted by Crippen LogP contribution is 2.02. The zero-order chi connectivity index (χ0) is 10.8. The Labute approximate surface area is 85.2 Å². The SMILES string of the molecule is CC.CC.c1cnc2ncncc2c1. The monoisotopic (exact) mass is 191 g/mol. The Morgan fingerprint density at radius 2 is 1.71 bits per heavy atom. The van der Waals surface area contributed by atoms with Crippen molar-refractivity contribution >= 4 is 11.0 Å². The second-order valence-electron chi connectivity index (χ2n) is 1.94. The third-order valence-electron chi connectivity index (χ3n) is 1.28. The minimum atomic E-state index is 0.748. The predicted octanol–water partition coefficient (Wildman–Crippen LogP) is 3.08. The molecule has 2 aromatic heterocycles. The van der Waals surface area contributed by atoms with E-state index in [-0.39, 0.29) is 0 Å². The van der Waals surface area contributed by atoms with Crippen LogP contribution in [0.5, 0.6) is 0 Å². The molecular formula is C11H17N3. The topological polar surface area (TPSA) is 38.7 Å². The van der Waals surface area contributed by atoms with Gasteiger partial charge >= 0.3 is 0 Å².